The molecule has 17 heavy (non-hydrogen) atoms. The number of rotatable bonds is 4. The van der Waals surface area contributed by atoms with Crippen molar-refractivity contribution < 1.29 is 9.59 Å². The summed E-state index contributed by atoms with van der Waals surface area (Å²) in [7, 11) is 0. The predicted molar refractivity (Wildman–Crippen MR) is 64.5 cm³/mol. The summed E-state index contributed by atoms with van der Waals surface area (Å²) in [6, 6.07) is 9.58. The molecule has 1 fully saturated rings. The normalized spacial score (nSPS) is 23.4. The number of hydrogen-bond acceptors (Lipinski definition) is 2. The van der Waals surface area contributed by atoms with Crippen molar-refractivity contribution in [1.82, 2.24) is 10.6 Å². The van der Waals surface area contributed by atoms with Crippen LogP contribution in [0.15, 0.2) is 30.3 Å². The molecule has 0 aromatic heterocycles. The molecule has 0 aliphatic carbocycles. The molecule has 1 unspecified atom stereocenters. The largest absolute Gasteiger partial charge is 0.323 e. The molecular formula is C13H16N2O2. The van der Waals surface area contributed by atoms with E-state index in [0.717, 1.165) is 6.42 Å². The Morgan fingerprint density at radius 3 is 2.41 bits per heavy atom. The van der Waals surface area contributed by atoms with Gasteiger partial charge in [0.1, 0.15) is 5.54 Å². The van der Waals surface area contributed by atoms with Gasteiger partial charge in [-0.15, -0.1) is 0 Å². The van der Waals surface area contributed by atoms with E-state index in [2.05, 4.69) is 10.6 Å². The fourth-order valence-electron chi connectivity index (χ4n) is 2.13. The van der Waals surface area contributed by atoms with Gasteiger partial charge in [-0.2, -0.15) is 0 Å². The van der Waals surface area contributed by atoms with E-state index < -0.39 is 5.54 Å². The van der Waals surface area contributed by atoms with E-state index in [0.29, 0.717) is 12.8 Å². The van der Waals surface area contributed by atoms with Crippen molar-refractivity contribution in [2.75, 3.05) is 0 Å². The Kier molecular flexibility index (Phi) is 3.13. The van der Waals surface area contributed by atoms with E-state index in [4.69, 9.17) is 0 Å². The number of aryl methyl sites for hydroxylation is 1. The average Bonchev–Trinajstić information content (AvgIpc) is 2.63. The zero-order valence-corrected chi connectivity index (χ0v) is 9.82. The van der Waals surface area contributed by atoms with Gasteiger partial charge in [0.05, 0.1) is 0 Å². The number of amides is 3. The van der Waals surface area contributed by atoms with E-state index in [-0.39, 0.29) is 11.9 Å². The van der Waals surface area contributed by atoms with Crippen LogP contribution in [0.1, 0.15) is 25.3 Å². The third kappa shape index (κ3) is 2.30. The molecular weight excluding hydrogens is 216 g/mol. The van der Waals surface area contributed by atoms with Gasteiger partial charge in [0.25, 0.3) is 5.91 Å². The molecule has 2 rings (SSSR count). The van der Waals surface area contributed by atoms with Crippen LogP contribution in [-0.4, -0.2) is 17.5 Å². The van der Waals surface area contributed by atoms with Gasteiger partial charge in [0.2, 0.25) is 0 Å². The zero-order valence-electron chi connectivity index (χ0n) is 9.82. The van der Waals surface area contributed by atoms with Gasteiger partial charge in [-0.3, -0.25) is 10.1 Å². The predicted octanol–water partition coefficient (Wildman–Crippen LogP) is 1.61. The number of imide groups is 1. The molecule has 1 aromatic rings. The van der Waals surface area contributed by atoms with Crippen molar-refractivity contribution >= 4 is 11.9 Å². The Bertz CT molecular complexity index is 430. The number of carbonyl (C=O) groups is 2. The van der Waals surface area contributed by atoms with Crippen LogP contribution >= 0.6 is 0 Å². The monoisotopic (exact) mass is 232 g/mol. The zero-order chi connectivity index (χ0) is 12.3. The fraction of sp³-hybridized carbons (Fsp3) is 0.385. The third-order valence-electron chi connectivity index (χ3n) is 3.30. The van der Waals surface area contributed by atoms with Crippen molar-refractivity contribution in [2.24, 2.45) is 0 Å². The summed E-state index contributed by atoms with van der Waals surface area (Å²) >= 11 is 0. The van der Waals surface area contributed by atoms with Crippen LogP contribution < -0.4 is 10.6 Å². The third-order valence-corrected chi connectivity index (χ3v) is 3.30. The van der Waals surface area contributed by atoms with Gasteiger partial charge in [0.15, 0.2) is 0 Å². The van der Waals surface area contributed by atoms with Crippen molar-refractivity contribution in [3.8, 4) is 0 Å². The summed E-state index contributed by atoms with van der Waals surface area (Å²) in [6.45, 7) is 1.91. The highest BCUT2D eigenvalue weighted by Gasteiger charge is 2.43. The SMILES string of the molecule is CCC1(CCc2ccccc2)NC(=O)NC1=O. The summed E-state index contributed by atoms with van der Waals surface area (Å²) in [4.78, 5) is 23.0. The second kappa shape index (κ2) is 4.57. The van der Waals surface area contributed by atoms with Crippen LogP contribution in [0.25, 0.3) is 0 Å². The highest BCUT2D eigenvalue weighted by Crippen LogP contribution is 2.22. The van der Waals surface area contributed by atoms with Gasteiger partial charge in [-0.1, -0.05) is 37.3 Å². The fourth-order valence-corrected chi connectivity index (χ4v) is 2.13. The first-order valence-corrected chi connectivity index (χ1v) is 5.84. The second-order valence-corrected chi connectivity index (χ2v) is 4.33. The summed E-state index contributed by atoms with van der Waals surface area (Å²) in [6.07, 6.45) is 2.02. The number of carbonyl (C=O) groups excluding carboxylic acids is 2. The van der Waals surface area contributed by atoms with Crippen LogP contribution in [0.2, 0.25) is 0 Å². The lowest BCUT2D eigenvalue weighted by Crippen LogP contribution is -2.46. The maximum atomic E-state index is 11.8. The van der Waals surface area contributed by atoms with Gasteiger partial charge in [0, 0.05) is 0 Å². The highest BCUT2D eigenvalue weighted by atomic mass is 16.2. The van der Waals surface area contributed by atoms with E-state index in [9.17, 15) is 9.59 Å². The average molecular weight is 232 g/mol. The Morgan fingerprint density at radius 2 is 1.88 bits per heavy atom. The lowest BCUT2D eigenvalue weighted by molar-refractivity contribution is -0.124. The van der Waals surface area contributed by atoms with E-state index in [1.807, 2.05) is 37.3 Å². The Labute approximate surface area is 100 Å². The maximum absolute atomic E-state index is 11.8. The first-order valence-electron chi connectivity index (χ1n) is 5.84. The minimum Gasteiger partial charge on any atom is -0.323 e. The first kappa shape index (κ1) is 11.6. The van der Waals surface area contributed by atoms with Crippen LogP contribution in [0, 0.1) is 0 Å². The number of urea groups is 1. The molecule has 1 heterocycles. The molecule has 1 saturated heterocycles. The summed E-state index contributed by atoms with van der Waals surface area (Å²) in [5.74, 6) is -0.207. The van der Waals surface area contributed by atoms with Crippen LogP contribution in [-0.2, 0) is 11.2 Å². The molecule has 2 N–H and O–H groups in total. The Morgan fingerprint density at radius 1 is 1.18 bits per heavy atom. The second-order valence-electron chi connectivity index (χ2n) is 4.33. The van der Waals surface area contributed by atoms with Crippen LogP contribution in [0.3, 0.4) is 0 Å². The number of hydrogen-bond donors (Lipinski definition) is 2. The molecule has 4 nitrogen and oxygen atoms in total. The highest BCUT2D eigenvalue weighted by molar-refractivity contribution is 6.06. The minimum absolute atomic E-state index is 0.207. The summed E-state index contributed by atoms with van der Waals surface area (Å²) in [5.41, 5.74) is 0.446. The topological polar surface area (TPSA) is 58.2 Å². The van der Waals surface area contributed by atoms with E-state index >= 15 is 0 Å². The van der Waals surface area contributed by atoms with Crippen molar-refractivity contribution in [3.63, 3.8) is 0 Å². The lowest BCUT2D eigenvalue weighted by atomic mass is 9.89. The smallest absolute Gasteiger partial charge is 0.322 e. The number of benzene rings is 1. The number of nitrogens with one attached hydrogen (secondary N) is 2. The molecule has 4 heteroatoms. The van der Waals surface area contributed by atoms with E-state index in [1.54, 1.807) is 0 Å². The summed E-state index contributed by atoms with van der Waals surface area (Å²) in [5, 5.41) is 5.04. The molecule has 1 aliphatic rings. The van der Waals surface area contributed by atoms with Gasteiger partial charge >= 0.3 is 6.03 Å². The molecule has 1 aliphatic heterocycles. The maximum Gasteiger partial charge on any atom is 0.322 e. The quantitative estimate of drug-likeness (QED) is 0.775. The lowest BCUT2D eigenvalue weighted by Gasteiger charge is -2.24. The Hall–Kier alpha value is -1.84. The molecule has 0 bridgehead atoms. The Balaban J connectivity index is 2.06. The first-order chi connectivity index (χ1) is 8.16. The van der Waals surface area contributed by atoms with Gasteiger partial charge in [-0.25, -0.2) is 4.79 Å². The van der Waals surface area contributed by atoms with Crippen molar-refractivity contribution in [3.05, 3.63) is 35.9 Å². The minimum atomic E-state index is -0.729. The standard InChI is InChI=1S/C13H16N2O2/c1-2-13(11(16)14-12(17)15-13)9-8-10-6-4-3-5-7-10/h3-7H,2,8-9H2,1H3,(H2,14,15,16,17). The van der Waals surface area contributed by atoms with Gasteiger partial charge < -0.3 is 5.32 Å². The van der Waals surface area contributed by atoms with Crippen LogP contribution in [0.4, 0.5) is 4.79 Å². The van der Waals surface area contributed by atoms with Crippen molar-refractivity contribution in [1.29, 1.82) is 0 Å². The molecule has 0 spiro atoms. The molecule has 0 radical (unpaired) electrons. The van der Waals surface area contributed by atoms with E-state index in [1.165, 1.54) is 5.56 Å². The van der Waals surface area contributed by atoms with Crippen molar-refractivity contribution in [2.45, 2.75) is 31.7 Å². The van der Waals surface area contributed by atoms with Crippen LogP contribution in [0.5, 0.6) is 0 Å². The molecule has 1 aromatic carbocycles. The molecule has 3 amide bonds. The molecule has 90 valence electrons. The summed E-state index contributed by atoms with van der Waals surface area (Å²) < 4.78 is 0. The van der Waals surface area contributed by atoms with Gasteiger partial charge in [-0.05, 0) is 24.8 Å². The molecule has 0 saturated carbocycles. The molecule has 1 atom stereocenters.